The first-order valence-corrected chi connectivity index (χ1v) is 7.99. The molecule has 0 saturated carbocycles. The Morgan fingerprint density at radius 1 is 1.19 bits per heavy atom. The Labute approximate surface area is 129 Å². The summed E-state index contributed by atoms with van der Waals surface area (Å²) in [5, 5.41) is 3.00. The minimum atomic E-state index is 0.108. The van der Waals surface area contributed by atoms with E-state index in [9.17, 15) is 4.79 Å². The van der Waals surface area contributed by atoms with Gasteiger partial charge in [0.1, 0.15) is 0 Å². The molecule has 0 aliphatic carbocycles. The highest BCUT2D eigenvalue weighted by atomic mass is 16.2. The van der Waals surface area contributed by atoms with Crippen LogP contribution in [0.4, 0.5) is 0 Å². The molecule has 0 spiro atoms. The fourth-order valence-electron chi connectivity index (χ4n) is 2.17. The van der Waals surface area contributed by atoms with Gasteiger partial charge in [-0.15, -0.1) is 0 Å². The van der Waals surface area contributed by atoms with Crippen molar-refractivity contribution in [1.82, 2.24) is 10.2 Å². The summed E-state index contributed by atoms with van der Waals surface area (Å²) >= 11 is 0. The van der Waals surface area contributed by atoms with Gasteiger partial charge in [0.15, 0.2) is 0 Å². The van der Waals surface area contributed by atoms with Crippen molar-refractivity contribution in [1.29, 1.82) is 0 Å². The zero-order valence-corrected chi connectivity index (χ0v) is 14.1. The summed E-state index contributed by atoms with van der Waals surface area (Å²) in [4.78, 5) is 13.9. The molecular weight excluding hydrogens is 260 g/mol. The van der Waals surface area contributed by atoms with E-state index < -0.39 is 0 Å². The number of nitrogens with zero attached hydrogens (tertiary/aromatic N) is 1. The van der Waals surface area contributed by atoms with Crippen LogP contribution in [0.2, 0.25) is 0 Å². The van der Waals surface area contributed by atoms with Crippen molar-refractivity contribution in [2.24, 2.45) is 0 Å². The van der Waals surface area contributed by atoms with Crippen LogP contribution in [0.25, 0.3) is 0 Å². The van der Waals surface area contributed by atoms with Crippen LogP contribution < -0.4 is 5.32 Å². The molecule has 1 N–H and O–H groups in total. The summed E-state index contributed by atoms with van der Waals surface area (Å²) in [5.74, 6) is 0.673. The number of carbonyl (C=O) groups is 1. The topological polar surface area (TPSA) is 32.3 Å². The molecule has 1 atom stereocenters. The molecule has 3 nitrogen and oxygen atoms in total. The van der Waals surface area contributed by atoms with Gasteiger partial charge in [-0.1, -0.05) is 45.0 Å². The molecule has 0 heterocycles. The number of carbonyl (C=O) groups excluding carboxylic acids is 1. The fraction of sp³-hybridized carbons (Fsp3) is 0.611. The average molecular weight is 290 g/mol. The second-order valence-corrected chi connectivity index (χ2v) is 6.17. The van der Waals surface area contributed by atoms with Crippen LogP contribution in [0.3, 0.4) is 0 Å². The molecule has 1 aromatic carbocycles. The maximum atomic E-state index is 11.9. The first kappa shape index (κ1) is 17.7. The van der Waals surface area contributed by atoms with Crippen LogP contribution in [0.15, 0.2) is 24.3 Å². The number of likely N-dealkylation sites (N-methyl/N-ethyl adjacent to an activating group) is 1. The lowest BCUT2D eigenvalue weighted by molar-refractivity contribution is -0.122. The van der Waals surface area contributed by atoms with E-state index in [-0.39, 0.29) is 5.91 Å². The Morgan fingerprint density at radius 3 is 2.33 bits per heavy atom. The van der Waals surface area contributed by atoms with Crippen molar-refractivity contribution < 1.29 is 4.79 Å². The van der Waals surface area contributed by atoms with Crippen molar-refractivity contribution in [3.63, 3.8) is 0 Å². The highest BCUT2D eigenvalue weighted by Gasteiger charge is 2.10. The Kier molecular flexibility index (Phi) is 7.44. The quantitative estimate of drug-likeness (QED) is 0.797. The van der Waals surface area contributed by atoms with E-state index >= 15 is 0 Å². The molecule has 1 rings (SSSR count). The molecule has 0 aliphatic heterocycles. The number of hydrogen-bond acceptors (Lipinski definition) is 2. The minimum Gasteiger partial charge on any atom is -0.355 e. The normalized spacial score (nSPS) is 12.7. The van der Waals surface area contributed by atoms with Crippen LogP contribution in [0.5, 0.6) is 0 Å². The van der Waals surface area contributed by atoms with E-state index in [2.05, 4.69) is 62.2 Å². The van der Waals surface area contributed by atoms with Gasteiger partial charge < -0.3 is 5.32 Å². The van der Waals surface area contributed by atoms with Gasteiger partial charge in [-0.3, -0.25) is 9.69 Å². The van der Waals surface area contributed by atoms with E-state index in [1.807, 2.05) is 7.05 Å². The van der Waals surface area contributed by atoms with Gasteiger partial charge in [0.05, 0.1) is 6.54 Å². The number of benzene rings is 1. The second-order valence-electron chi connectivity index (χ2n) is 6.17. The lowest BCUT2D eigenvalue weighted by Crippen LogP contribution is -2.39. The van der Waals surface area contributed by atoms with Crippen molar-refractivity contribution in [2.75, 3.05) is 20.1 Å². The van der Waals surface area contributed by atoms with Crippen LogP contribution in [0.1, 0.15) is 51.2 Å². The summed E-state index contributed by atoms with van der Waals surface area (Å²) in [7, 11) is 2.00. The van der Waals surface area contributed by atoms with Gasteiger partial charge >= 0.3 is 0 Å². The van der Waals surface area contributed by atoms with Gasteiger partial charge in [0.2, 0.25) is 5.91 Å². The van der Waals surface area contributed by atoms with Crippen LogP contribution in [-0.4, -0.2) is 37.0 Å². The van der Waals surface area contributed by atoms with E-state index in [0.29, 0.717) is 25.0 Å². The van der Waals surface area contributed by atoms with E-state index in [1.165, 1.54) is 11.1 Å². The lowest BCUT2D eigenvalue weighted by atomic mass is 10.0. The summed E-state index contributed by atoms with van der Waals surface area (Å²) in [6, 6.07) is 9.12. The summed E-state index contributed by atoms with van der Waals surface area (Å²) in [6.45, 7) is 9.85. The molecule has 0 saturated heterocycles. The van der Waals surface area contributed by atoms with Crippen LogP contribution in [-0.2, 0) is 11.2 Å². The monoisotopic (exact) mass is 290 g/mol. The van der Waals surface area contributed by atoms with Crippen molar-refractivity contribution in [2.45, 2.75) is 52.5 Å². The predicted octanol–water partition coefficient (Wildman–Crippen LogP) is 3.20. The predicted molar refractivity (Wildman–Crippen MR) is 89.6 cm³/mol. The molecule has 0 fully saturated rings. The largest absolute Gasteiger partial charge is 0.355 e. The van der Waals surface area contributed by atoms with E-state index in [4.69, 9.17) is 0 Å². The highest BCUT2D eigenvalue weighted by Crippen LogP contribution is 2.14. The molecule has 21 heavy (non-hydrogen) atoms. The van der Waals surface area contributed by atoms with Gasteiger partial charge in [0.25, 0.3) is 0 Å². The van der Waals surface area contributed by atoms with Crippen molar-refractivity contribution >= 4 is 5.91 Å². The van der Waals surface area contributed by atoms with E-state index in [0.717, 1.165) is 12.8 Å². The third-order valence-electron chi connectivity index (χ3n) is 4.12. The Bertz CT molecular complexity index is 425. The molecule has 0 aromatic heterocycles. The Morgan fingerprint density at radius 2 is 1.81 bits per heavy atom. The molecule has 0 aliphatic rings. The molecule has 0 radical (unpaired) electrons. The summed E-state index contributed by atoms with van der Waals surface area (Å²) < 4.78 is 0. The van der Waals surface area contributed by atoms with E-state index in [1.54, 1.807) is 0 Å². The van der Waals surface area contributed by atoms with Gasteiger partial charge in [-0.25, -0.2) is 0 Å². The first-order chi connectivity index (χ1) is 9.93. The van der Waals surface area contributed by atoms with Crippen LogP contribution >= 0.6 is 0 Å². The first-order valence-electron chi connectivity index (χ1n) is 7.99. The molecule has 0 bridgehead atoms. The third kappa shape index (κ3) is 6.30. The molecule has 3 heteroatoms. The maximum absolute atomic E-state index is 11.9. The SMILES string of the molecule is CCC(C)N(C)CC(=O)NCCc1ccc(C(C)C)cc1. The van der Waals surface area contributed by atoms with Crippen LogP contribution in [0, 0.1) is 0 Å². The standard InChI is InChI=1S/C18H30N2O/c1-6-15(4)20(5)13-18(21)19-12-11-16-7-9-17(10-8-16)14(2)3/h7-10,14-15H,6,11-13H2,1-5H3,(H,19,21). The van der Waals surface area contributed by atoms with Gasteiger partial charge in [-0.2, -0.15) is 0 Å². The number of amides is 1. The third-order valence-corrected chi connectivity index (χ3v) is 4.12. The summed E-state index contributed by atoms with van der Waals surface area (Å²) in [5.41, 5.74) is 2.63. The molecule has 1 unspecified atom stereocenters. The highest BCUT2D eigenvalue weighted by molar-refractivity contribution is 5.78. The summed E-state index contributed by atoms with van der Waals surface area (Å²) in [6.07, 6.45) is 1.95. The zero-order chi connectivity index (χ0) is 15.8. The fourth-order valence-corrected chi connectivity index (χ4v) is 2.17. The molecular formula is C18H30N2O. The average Bonchev–Trinajstić information content (AvgIpc) is 2.46. The number of rotatable bonds is 8. The smallest absolute Gasteiger partial charge is 0.234 e. The second kappa shape index (κ2) is 8.83. The number of hydrogen-bond donors (Lipinski definition) is 1. The Hall–Kier alpha value is -1.35. The maximum Gasteiger partial charge on any atom is 0.234 e. The Balaban J connectivity index is 2.31. The van der Waals surface area contributed by atoms with Gasteiger partial charge in [-0.05, 0) is 43.9 Å². The molecule has 118 valence electrons. The van der Waals surface area contributed by atoms with Gasteiger partial charge in [0, 0.05) is 12.6 Å². The molecule has 1 aromatic rings. The minimum absolute atomic E-state index is 0.108. The zero-order valence-electron chi connectivity index (χ0n) is 14.1. The number of nitrogens with one attached hydrogen (secondary N) is 1. The van der Waals surface area contributed by atoms with Crippen molar-refractivity contribution in [3.8, 4) is 0 Å². The van der Waals surface area contributed by atoms with Crippen molar-refractivity contribution in [3.05, 3.63) is 35.4 Å². The lowest BCUT2D eigenvalue weighted by Gasteiger charge is -2.22. The molecule has 1 amide bonds.